The smallest absolute Gasteiger partial charge is 0.380 e. The summed E-state index contributed by atoms with van der Waals surface area (Å²) in [6.45, 7) is 4.72. The molecule has 2 N–H and O–H groups in total. The minimum atomic E-state index is -4.98. The first kappa shape index (κ1) is 22.0. The van der Waals surface area contributed by atoms with Crippen LogP contribution in [0.5, 0.6) is 0 Å². The van der Waals surface area contributed by atoms with Crippen molar-refractivity contribution in [3.63, 3.8) is 0 Å². The molecule has 3 aromatic rings. The third kappa shape index (κ3) is 4.23. The molecule has 0 amide bonds. The number of rotatable bonds is 5. The molecule has 0 saturated heterocycles. The van der Waals surface area contributed by atoms with Gasteiger partial charge in [0.25, 0.3) is 0 Å². The Bertz CT molecular complexity index is 1140. The van der Waals surface area contributed by atoms with Crippen LogP contribution >= 0.6 is 0 Å². The van der Waals surface area contributed by atoms with Crippen molar-refractivity contribution in [2.24, 2.45) is 0 Å². The Morgan fingerprint density at radius 1 is 1.13 bits per heavy atom. The second-order valence-corrected chi connectivity index (χ2v) is 8.28. The maximum Gasteiger partial charge on any atom is 0.417 e. The SMILES string of the molecule is Cc1ccc(F)cc1C(C)(C)CC(O)(Cc1cc(=O)c2cccnc2[nH]1)C(F)(F)F. The minimum absolute atomic E-state index is 0.0854. The Balaban J connectivity index is 2.03. The number of halogens is 4. The van der Waals surface area contributed by atoms with Crippen molar-refractivity contribution in [1.82, 2.24) is 9.97 Å². The number of hydrogen-bond donors (Lipinski definition) is 2. The number of alkyl halides is 3. The molecule has 160 valence electrons. The largest absolute Gasteiger partial charge is 0.417 e. The topological polar surface area (TPSA) is 66.0 Å². The van der Waals surface area contributed by atoms with Crippen LogP contribution in [0.2, 0.25) is 0 Å². The van der Waals surface area contributed by atoms with Gasteiger partial charge in [-0.05, 0) is 54.2 Å². The predicted molar refractivity (Wildman–Crippen MR) is 106 cm³/mol. The summed E-state index contributed by atoms with van der Waals surface area (Å²) < 4.78 is 55.7. The van der Waals surface area contributed by atoms with Gasteiger partial charge in [0.15, 0.2) is 11.0 Å². The highest BCUT2D eigenvalue weighted by Gasteiger charge is 2.56. The van der Waals surface area contributed by atoms with E-state index in [9.17, 15) is 27.5 Å². The number of fused-ring (bicyclic) bond motifs is 1. The van der Waals surface area contributed by atoms with Crippen LogP contribution in [0, 0.1) is 12.7 Å². The summed E-state index contributed by atoms with van der Waals surface area (Å²) in [7, 11) is 0. The number of aromatic amines is 1. The van der Waals surface area contributed by atoms with E-state index in [1.165, 1.54) is 44.3 Å². The van der Waals surface area contributed by atoms with Gasteiger partial charge < -0.3 is 10.1 Å². The molecule has 0 aliphatic carbocycles. The fraction of sp³-hybridized carbons (Fsp3) is 0.364. The lowest BCUT2D eigenvalue weighted by molar-refractivity contribution is -0.266. The molecule has 2 heterocycles. The van der Waals surface area contributed by atoms with E-state index in [1.54, 1.807) is 13.0 Å². The maximum absolute atomic E-state index is 14.0. The lowest BCUT2D eigenvalue weighted by Gasteiger charge is -2.38. The molecular weight excluding hydrogens is 400 g/mol. The summed E-state index contributed by atoms with van der Waals surface area (Å²) in [5.74, 6) is -0.566. The van der Waals surface area contributed by atoms with Crippen molar-refractivity contribution in [3.8, 4) is 0 Å². The van der Waals surface area contributed by atoms with E-state index in [1.807, 2.05) is 0 Å². The zero-order valence-corrected chi connectivity index (χ0v) is 16.8. The van der Waals surface area contributed by atoms with E-state index >= 15 is 0 Å². The zero-order valence-electron chi connectivity index (χ0n) is 16.8. The summed E-state index contributed by atoms with van der Waals surface area (Å²) in [4.78, 5) is 18.9. The lowest BCUT2D eigenvalue weighted by Crippen LogP contribution is -2.51. The summed E-state index contributed by atoms with van der Waals surface area (Å²) >= 11 is 0. The number of aryl methyl sites for hydroxylation is 1. The summed E-state index contributed by atoms with van der Waals surface area (Å²) in [5, 5.41) is 11.0. The molecule has 0 aliphatic heterocycles. The molecule has 1 aromatic carbocycles. The van der Waals surface area contributed by atoms with Gasteiger partial charge in [0, 0.05) is 24.4 Å². The lowest BCUT2D eigenvalue weighted by atomic mass is 9.72. The summed E-state index contributed by atoms with van der Waals surface area (Å²) in [6.07, 6.45) is -5.17. The van der Waals surface area contributed by atoms with Crippen molar-refractivity contribution in [1.29, 1.82) is 0 Å². The molecule has 2 aromatic heterocycles. The molecule has 1 unspecified atom stereocenters. The first-order valence-electron chi connectivity index (χ1n) is 9.35. The van der Waals surface area contributed by atoms with E-state index in [0.717, 1.165) is 6.07 Å². The van der Waals surface area contributed by atoms with Gasteiger partial charge in [-0.3, -0.25) is 4.79 Å². The molecule has 0 spiro atoms. The van der Waals surface area contributed by atoms with Crippen LogP contribution < -0.4 is 5.43 Å². The fourth-order valence-corrected chi connectivity index (χ4v) is 3.95. The molecule has 0 aliphatic rings. The van der Waals surface area contributed by atoms with Crippen LogP contribution in [0.15, 0.2) is 47.4 Å². The van der Waals surface area contributed by atoms with Crippen molar-refractivity contribution in [2.45, 2.75) is 50.8 Å². The Labute approximate surface area is 170 Å². The van der Waals surface area contributed by atoms with Crippen molar-refractivity contribution in [2.75, 3.05) is 0 Å². The molecule has 3 rings (SSSR count). The Morgan fingerprint density at radius 3 is 2.50 bits per heavy atom. The molecule has 0 saturated carbocycles. The average Bonchev–Trinajstić information content (AvgIpc) is 2.62. The summed E-state index contributed by atoms with van der Waals surface area (Å²) in [5.41, 5.74) is -3.79. The number of pyridine rings is 2. The van der Waals surface area contributed by atoms with Gasteiger partial charge in [-0.1, -0.05) is 19.9 Å². The third-order valence-corrected chi connectivity index (χ3v) is 5.33. The molecule has 4 nitrogen and oxygen atoms in total. The number of aromatic nitrogens is 2. The molecule has 0 radical (unpaired) electrons. The summed E-state index contributed by atoms with van der Waals surface area (Å²) in [6, 6.07) is 8.02. The highest BCUT2D eigenvalue weighted by atomic mass is 19.4. The molecule has 30 heavy (non-hydrogen) atoms. The van der Waals surface area contributed by atoms with Crippen LogP contribution in [0.25, 0.3) is 11.0 Å². The minimum Gasteiger partial charge on any atom is -0.380 e. The number of benzene rings is 1. The second-order valence-electron chi connectivity index (χ2n) is 8.28. The van der Waals surface area contributed by atoms with Gasteiger partial charge in [-0.2, -0.15) is 13.2 Å². The van der Waals surface area contributed by atoms with Gasteiger partial charge in [0.05, 0.1) is 5.39 Å². The van der Waals surface area contributed by atoms with Gasteiger partial charge in [0.2, 0.25) is 0 Å². The van der Waals surface area contributed by atoms with Gasteiger partial charge in [0.1, 0.15) is 11.5 Å². The van der Waals surface area contributed by atoms with E-state index < -0.39 is 41.3 Å². The van der Waals surface area contributed by atoms with E-state index in [0.29, 0.717) is 11.1 Å². The number of nitrogens with zero attached hydrogens (tertiary/aromatic N) is 1. The molecule has 0 fully saturated rings. The van der Waals surface area contributed by atoms with Crippen molar-refractivity contribution >= 4 is 11.0 Å². The highest BCUT2D eigenvalue weighted by molar-refractivity contribution is 5.74. The Hall–Kier alpha value is -2.74. The molecular formula is C22H22F4N2O2. The maximum atomic E-state index is 14.0. The number of hydrogen-bond acceptors (Lipinski definition) is 3. The normalized spacial score (nSPS) is 14.7. The number of aliphatic hydroxyl groups is 1. The van der Waals surface area contributed by atoms with E-state index in [-0.39, 0.29) is 16.7 Å². The Kier molecular flexibility index (Phi) is 5.49. The number of H-pyrrole nitrogens is 1. The highest BCUT2D eigenvalue weighted by Crippen LogP contribution is 2.43. The van der Waals surface area contributed by atoms with Crippen LogP contribution in [0.3, 0.4) is 0 Å². The van der Waals surface area contributed by atoms with Gasteiger partial charge in [-0.25, -0.2) is 9.37 Å². The van der Waals surface area contributed by atoms with Crippen LogP contribution in [-0.4, -0.2) is 26.9 Å². The van der Waals surface area contributed by atoms with Crippen LogP contribution in [0.4, 0.5) is 17.6 Å². The zero-order chi connectivity index (χ0) is 22.3. The molecule has 8 heteroatoms. The standard InChI is InChI=1S/C22H22F4N2O2/c1-13-6-7-14(23)9-17(13)20(2,3)12-21(30,22(24,25)26)11-15-10-18(29)16-5-4-8-27-19(16)28-15/h4-10,30H,11-12H2,1-3H3,(H,27,28,29). The Morgan fingerprint density at radius 2 is 1.83 bits per heavy atom. The fourth-order valence-electron chi connectivity index (χ4n) is 3.95. The first-order chi connectivity index (χ1) is 13.8. The van der Waals surface area contributed by atoms with Crippen LogP contribution in [0.1, 0.15) is 37.1 Å². The van der Waals surface area contributed by atoms with E-state index in [4.69, 9.17) is 0 Å². The predicted octanol–water partition coefficient (Wildman–Crippen LogP) is 4.57. The molecule has 0 bridgehead atoms. The quantitative estimate of drug-likeness (QED) is 0.592. The van der Waals surface area contributed by atoms with E-state index in [2.05, 4.69) is 9.97 Å². The van der Waals surface area contributed by atoms with Crippen LogP contribution in [-0.2, 0) is 11.8 Å². The second kappa shape index (κ2) is 7.50. The van der Waals surface area contributed by atoms with Crippen molar-refractivity contribution < 1.29 is 22.7 Å². The number of nitrogens with one attached hydrogen (secondary N) is 1. The first-order valence-corrected chi connectivity index (χ1v) is 9.35. The van der Waals surface area contributed by atoms with Crippen molar-refractivity contribution in [3.05, 3.63) is 75.5 Å². The third-order valence-electron chi connectivity index (χ3n) is 5.33. The van der Waals surface area contributed by atoms with Gasteiger partial charge in [-0.15, -0.1) is 0 Å². The average molecular weight is 422 g/mol. The molecule has 1 atom stereocenters. The monoisotopic (exact) mass is 422 g/mol. The van der Waals surface area contributed by atoms with Gasteiger partial charge >= 0.3 is 6.18 Å².